The monoisotopic (exact) mass is 331 g/mol. The molecule has 0 fully saturated rings. The lowest BCUT2D eigenvalue weighted by Gasteiger charge is -2.03. The first kappa shape index (κ1) is 14.9. The van der Waals surface area contributed by atoms with Crippen LogP contribution in [0.15, 0.2) is 60.8 Å². The Morgan fingerprint density at radius 3 is 2.60 bits per heavy atom. The summed E-state index contributed by atoms with van der Waals surface area (Å²) in [6.07, 6.45) is 1.62. The molecule has 0 saturated heterocycles. The first-order chi connectivity index (χ1) is 12.1. The Balaban J connectivity index is 1.87. The standard InChI is InChI=1S/C18H13N5O2/c1-12-5-7-13(8-6-12)17-20-18-19-10-9-16(22(18)21-17)14-3-2-4-15(11-14)23(24)25/h2-11H,1H3. The van der Waals surface area contributed by atoms with Crippen molar-refractivity contribution < 1.29 is 4.92 Å². The van der Waals surface area contributed by atoms with Crippen molar-refractivity contribution in [1.82, 2.24) is 19.6 Å². The van der Waals surface area contributed by atoms with E-state index >= 15 is 0 Å². The van der Waals surface area contributed by atoms with Crippen LogP contribution >= 0.6 is 0 Å². The molecule has 2 heterocycles. The van der Waals surface area contributed by atoms with Crippen LogP contribution in [0, 0.1) is 17.0 Å². The third-order valence-electron chi connectivity index (χ3n) is 3.90. The van der Waals surface area contributed by atoms with Gasteiger partial charge in [-0.3, -0.25) is 10.1 Å². The van der Waals surface area contributed by atoms with Crippen LogP contribution in [0.25, 0.3) is 28.4 Å². The van der Waals surface area contributed by atoms with Gasteiger partial charge in [0.15, 0.2) is 5.82 Å². The average molecular weight is 331 g/mol. The van der Waals surface area contributed by atoms with Gasteiger partial charge in [-0.2, -0.15) is 9.50 Å². The quantitative estimate of drug-likeness (QED) is 0.422. The minimum atomic E-state index is -0.416. The molecule has 0 aliphatic rings. The second kappa shape index (κ2) is 5.79. The van der Waals surface area contributed by atoms with E-state index in [1.165, 1.54) is 12.1 Å². The summed E-state index contributed by atoms with van der Waals surface area (Å²) < 4.78 is 1.61. The van der Waals surface area contributed by atoms with Gasteiger partial charge in [-0.25, -0.2) is 4.98 Å². The molecular weight excluding hydrogens is 318 g/mol. The summed E-state index contributed by atoms with van der Waals surface area (Å²) in [5.74, 6) is 1.00. The van der Waals surface area contributed by atoms with Crippen LogP contribution in [0.5, 0.6) is 0 Å². The van der Waals surface area contributed by atoms with Crippen LogP contribution in [0.4, 0.5) is 5.69 Å². The highest BCUT2D eigenvalue weighted by Crippen LogP contribution is 2.25. The molecule has 0 atom stereocenters. The number of hydrogen-bond donors (Lipinski definition) is 0. The minimum absolute atomic E-state index is 0.0290. The van der Waals surface area contributed by atoms with Gasteiger partial charge in [0, 0.05) is 29.5 Å². The lowest BCUT2D eigenvalue weighted by molar-refractivity contribution is -0.384. The van der Waals surface area contributed by atoms with Crippen LogP contribution < -0.4 is 0 Å². The molecule has 0 aliphatic heterocycles. The number of aryl methyl sites for hydroxylation is 1. The second-order valence-corrected chi connectivity index (χ2v) is 5.65. The molecule has 122 valence electrons. The summed E-state index contributed by atoms with van der Waals surface area (Å²) in [6, 6.07) is 16.1. The predicted molar refractivity (Wildman–Crippen MR) is 93.0 cm³/mol. The van der Waals surface area contributed by atoms with Crippen molar-refractivity contribution >= 4 is 11.5 Å². The van der Waals surface area contributed by atoms with E-state index in [2.05, 4.69) is 15.1 Å². The Kier molecular flexibility index (Phi) is 3.46. The van der Waals surface area contributed by atoms with Crippen molar-refractivity contribution in [3.8, 4) is 22.6 Å². The SMILES string of the molecule is Cc1ccc(-c2nc3nccc(-c4cccc([N+](=O)[O-])c4)n3n2)cc1. The number of nitrogens with zero attached hydrogens (tertiary/aromatic N) is 5. The van der Waals surface area contributed by atoms with Gasteiger partial charge in [-0.05, 0) is 13.0 Å². The van der Waals surface area contributed by atoms with E-state index in [1.807, 2.05) is 31.2 Å². The normalized spacial score (nSPS) is 10.9. The molecule has 0 N–H and O–H groups in total. The number of non-ortho nitro benzene ring substituents is 1. The maximum absolute atomic E-state index is 11.0. The second-order valence-electron chi connectivity index (χ2n) is 5.65. The largest absolute Gasteiger partial charge is 0.270 e. The van der Waals surface area contributed by atoms with E-state index in [0.717, 1.165) is 11.1 Å². The lowest BCUT2D eigenvalue weighted by Crippen LogP contribution is -1.96. The molecule has 0 saturated carbocycles. The van der Waals surface area contributed by atoms with Gasteiger partial charge in [0.2, 0.25) is 0 Å². The van der Waals surface area contributed by atoms with E-state index < -0.39 is 4.92 Å². The van der Waals surface area contributed by atoms with E-state index in [9.17, 15) is 10.1 Å². The molecule has 25 heavy (non-hydrogen) atoms. The molecule has 7 heteroatoms. The fourth-order valence-electron chi connectivity index (χ4n) is 2.62. The topological polar surface area (TPSA) is 86.2 Å². The molecule has 0 bridgehead atoms. The highest BCUT2D eigenvalue weighted by Gasteiger charge is 2.13. The molecule has 4 rings (SSSR count). The van der Waals surface area contributed by atoms with Crippen molar-refractivity contribution in [3.63, 3.8) is 0 Å². The maximum atomic E-state index is 11.0. The van der Waals surface area contributed by atoms with Gasteiger partial charge in [0.1, 0.15) is 0 Å². The third kappa shape index (κ3) is 2.72. The van der Waals surface area contributed by atoms with Crippen LogP contribution in [-0.4, -0.2) is 24.5 Å². The van der Waals surface area contributed by atoms with Crippen molar-refractivity contribution in [1.29, 1.82) is 0 Å². The highest BCUT2D eigenvalue weighted by atomic mass is 16.6. The number of hydrogen-bond acceptors (Lipinski definition) is 5. The molecule has 7 nitrogen and oxygen atoms in total. The first-order valence-corrected chi connectivity index (χ1v) is 7.65. The third-order valence-corrected chi connectivity index (χ3v) is 3.90. The van der Waals surface area contributed by atoms with E-state index in [-0.39, 0.29) is 5.69 Å². The fraction of sp³-hybridized carbons (Fsp3) is 0.0556. The first-order valence-electron chi connectivity index (χ1n) is 7.65. The average Bonchev–Trinajstić information content (AvgIpc) is 3.06. The van der Waals surface area contributed by atoms with Crippen LogP contribution in [-0.2, 0) is 0 Å². The van der Waals surface area contributed by atoms with E-state index in [0.29, 0.717) is 22.9 Å². The predicted octanol–water partition coefficient (Wildman–Crippen LogP) is 3.67. The van der Waals surface area contributed by atoms with Gasteiger partial charge in [0.25, 0.3) is 11.5 Å². The van der Waals surface area contributed by atoms with Crippen molar-refractivity contribution in [2.75, 3.05) is 0 Å². The Morgan fingerprint density at radius 2 is 1.84 bits per heavy atom. The Morgan fingerprint density at radius 1 is 1.04 bits per heavy atom. The van der Waals surface area contributed by atoms with Crippen molar-refractivity contribution in [2.45, 2.75) is 6.92 Å². The highest BCUT2D eigenvalue weighted by molar-refractivity contribution is 5.66. The van der Waals surface area contributed by atoms with Crippen LogP contribution in [0.3, 0.4) is 0 Å². The number of nitro benzene ring substituents is 1. The molecular formula is C18H13N5O2. The van der Waals surface area contributed by atoms with Gasteiger partial charge in [-0.15, -0.1) is 5.10 Å². The summed E-state index contributed by atoms with van der Waals surface area (Å²) >= 11 is 0. The molecule has 0 spiro atoms. The lowest BCUT2D eigenvalue weighted by atomic mass is 10.1. The Bertz CT molecular complexity index is 1090. The number of fused-ring (bicyclic) bond motifs is 1. The zero-order valence-corrected chi connectivity index (χ0v) is 13.3. The molecule has 0 aliphatic carbocycles. The van der Waals surface area contributed by atoms with Gasteiger partial charge in [-0.1, -0.05) is 42.0 Å². The molecule has 2 aromatic heterocycles. The minimum Gasteiger partial charge on any atom is -0.258 e. The number of aromatic nitrogens is 4. The Labute approximate surface area is 142 Å². The molecule has 0 radical (unpaired) electrons. The molecule has 2 aromatic carbocycles. The van der Waals surface area contributed by atoms with Crippen molar-refractivity contribution in [3.05, 3.63) is 76.5 Å². The summed E-state index contributed by atoms with van der Waals surface area (Å²) in [7, 11) is 0. The molecule has 0 amide bonds. The number of nitro groups is 1. The number of benzene rings is 2. The zero-order chi connectivity index (χ0) is 17.4. The number of rotatable bonds is 3. The molecule has 0 unspecified atom stereocenters. The fourth-order valence-corrected chi connectivity index (χ4v) is 2.62. The van der Waals surface area contributed by atoms with Crippen LogP contribution in [0.2, 0.25) is 0 Å². The summed E-state index contributed by atoms with van der Waals surface area (Å²) in [5, 5.41) is 15.6. The smallest absolute Gasteiger partial charge is 0.258 e. The van der Waals surface area contributed by atoms with Gasteiger partial charge in [0.05, 0.1) is 10.6 Å². The maximum Gasteiger partial charge on any atom is 0.270 e. The summed E-state index contributed by atoms with van der Waals surface area (Å²) in [5.41, 5.74) is 3.45. The van der Waals surface area contributed by atoms with Gasteiger partial charge >= 0.3 is 0 Å². The van der Waals surface area contributed by atoms with E-state index in [1.54, 1.807) is 28.9 Å². The summed E-state index contributed by atoms with van der Waals surface area (Å²) in [6.45, 7) is 2.02. The Hall–Kier alpha value is -3.61. The van der Waals surface area contributed by atoms with E-state index in [4.69, 9.17) is 0 Å². The zero-order valence-electron chi connectivity index (χ0n) is 13.3. The van der Waals surface area contributed by atoms with Crippen LogP contribution in [0.1, 0.15) is 5.56 Å². The molecule has 4 aromatic rings. The van der Waals surface area contributed by atoms with Gasteiger partial charge < -0.3 is 0 Å². The van der Waals surface area contributed by atoms with Crippen molar-refractivity contribution in [2.24, 2.45) is 0 Å². The summed E-state index contributed by atoms with van der Waals surface area (Å²) in [4.78, 5) is 19.3.